The van der Waals surface area contributed by atoms with E-state index in [0.717, 1.165) is 0 Å². The third-order valence-corrected chi connectivity index (χ3v) is 3.97. The van der Waals surface area contributed by atoms with Crippen molar-refractivity contribution in [1.82, 2.24) is 0 Å². The summed E-state index contributed by atoms with van der Waals surface area (Å²) in [5, 5.41) is 0.828. The van der Waals surface area contributed by atoms with E-state index >= 15 is 0 Å². The van der Waals surface area contributed by atoms with Crippen LogP contribution in [0.1, 0.15) is 24.2 Å². The minimum atomic E-state index is -0.607. The minimum absolute atomic E-state index is 0.158. The highest BCUT2D eigenvalue weighted by Gasteiger charge is 2.30. The average molecular weight is 338 g/mol. The number of halogens is 2. The Morgan fingerprint density at radius 1 is 1.32 bits per heavy atom. The number of allylic oxidation sites excluding steroid dienone is 5. The Bertz CT molecular complexity index is 690. The zero-order valence-electron chi connectivity index (χ0n) is 12.4. The molecule has 5 heteroatoms. The van der Waals surface area contributed by atoms with Gasteiger partial charge in [-0.25, -0.2) is 0 Å². The standard InChI is InChI=1S/C17H17Cl2NO2/c1-3-22-10(2)16-13(8-11(18)9-15(16)20)17(21)12-6-4-5-7-14(12)19/h4-9,13H,3,20H2,1-2H3. The van der Waals surface area contributed by atoms with Crippen molar-refractivity contribution in [3.8, 4) is 0 Å². The normalized spacial score (nSPS) is 20.1. The second kappa shape index (κ2) is 7.03. The molecular formula is C17H17Cl2NO2. The van der Waals surface area contributed by atoms with Crippen molar-refractivity contribution in [1.29, 1.82) is 0 Å². The summed E-state index contributed by atoms with van der Waals surface area (Å²) in [6, 6.07) is 6.92. The number of ketones is 1. The predicted molar refractivity (Wildman–Crippen MR) is 89.8 cm³/mol. The van der Waals surface area contributed by atoms with Gasteiger partial charge in [0.15, 0.2) is 5.78 Å². The van der Waals surface area contributed by atoms with Crippen molar-refractivity contribution in [2.24, 2.45) is 11.7 Å². The molecule has 0 aromatic heterocycles. The third-order valence-electron chi connectivity index (χ3n) is 3.40. The summed E-state index contributed by atoms with van der Waals surface area (Å²) < 4.78 is 5.53. The molecule has 0 heterocycles. The highest BCUT2D eigenvalue weighted by molar-refractivity contribution is 6.34. The van der Waals surface area contributed by atoms with Crippen LogP contribution in [0.15, 0.2) is 58.5 Å². The summed E-state index contributed by atoms with van der Waals surface area (Å²) in [5.74, 6) is -0.153. The van der Waals surface area contributed by atoms with Crippen LogP contribution in [0.3, 0.4) is 0 Å². The van der Waals surface area contributed by atoms with Gasteiger partial charge in [0, 0.05) is 21.9 Å². The lowest BCUT2D eigenvalue weighted by atomic mass is 9.85. The van der Waals surface area contributed by atoms with Crippen molar-refractivity contribution in [2.75, 3.05) is 6.61 Å². The van der Waals surface area contributed by atoms with E-state index in [4.69, 9.17) is 33.7 Å². The van der Waals surface area contributed by atoms with Gasteiger partial charge < -0.3 is 10.5 Å². The Kier molecular flexibility index (Phi) is 5.33. The molecule has 0 amide bonds. The van der Waals surface area contributed by atoms with Crippen molar-refractivity contribution >= 4 is 29.0 Å². The molecule has 1 aliphatic carbocycles. The van der Waals surface area contributed by atoms with Crippen LogP contribution in [0, 0.1) is 5.92 Å². The van der Waals surface area contributed by atoms with Gasteiger partial charge in [-0.15, -0.1) is 0 Å². The Hall–Kier alpha value is -1.71. The maximum absolute atomic E-state index is 12.9. The van der Waals surface area contributed by atoms with Crippen LogP contribution in [0.5, 0.6) is 0 Å². The molecule has 1 aromatic rings. The van der Waals surface area contributed by atoms with Gasteiger partial charge >= 0.3 is 0 Å². The van der Waals surface area contributed by atoms with E-state index in [-0.39, 0.29) is 5.78 Å². The summed E-state index contributed by atoms with van der Waals surface area (Å²) in [6.07, 6.45) is 3.29. The lowest BCUT2D eigenvalue weighted by molar-refractivity contribution is 0.0956. The second-order valence-electron chi connectivity index (χ2n) is 4.88. The summed E-state index contributed by atoms with van der Waals surface area (Å²) >= 11 is 12.2. The molecule has 0 radical (unpaired) electrons. The van der Waals surface area contributed by atoms with Crippen molar-refractivity contribution < 1.29 is 9.53 Å². The van der Waals surface area contributed by atoms with E-state index in [2.05, 4.69) is 0 Å². The maximum atomic E-state index is 12.9. The van der Waals surface area contributed by atoms with E-state index < -0.39 is 5.92 Å². The number of benzene rings is 1. The molecule has 0 fully saturated rings. The minimum Gasteiger partial charge on any atom is -0.498 e. The maximum Gasteiger partial charge on any atom is 0.175 e. The van der Waals surface area contributed by atoms with Crippen molar-refractivity contribution in [3.63, 3.8) is 0 Å². The fourth-order valence-corrected chi connectivity index (χ4v) is 2.92. The zero-order chi connectivity index (χ0) is 16.3. The van der Waals surface area contributed by atoms with Crippen LogP contribution in [0.25, 0.3) is 0 Å². The molecule has 2 rings (SSSR count). The molecule has 0 spiro atoms. The molecule has 2 N–H and O–H groups in total. The van der Waals surface area contributed by atoms with Gasteiger partial charge in [0.25, 0.3) is 0 Å². The third kappa shape index (κ3) is 3.37. The van der Waals surface area contributed by atoms with Gasteiger partial charge in [0.2, 0.25) is 0 Å². The number of hydrogen-bond acceptors (Lipinski definition) is 3. The van der Waals surface area contributed by atoms with Crippen LogP contribution >= 0.6 is 23.2 Å². The van der Waals surface area contributed by atoms with E-state index in [9.17, 15) is 4.79 Å². The van der Waals surface area contributed by atoms with Crippen LogP contribution in [-0.2, 0) is 4.74 Å². The zero-order valence-corrected chi connectivity index (χ0v) is 13.9. The number of Topliss-reactive ketones (excluding diaryl/α,β-unsaturated/α-hetero) is 1. The molecule has 1 atom stereocenters. The molecule has 22 heavy (non-hydrogen) atoms. The molecule has 0 aliphatic heterocycles. The Labute approximate surface area is 140 Å². The number of hydrogen-bond donors (Lipinski definition) is 1. The first kappa shape index (κ1) is 16.7. The summed E-state index contributed by atoms with van der Waals surface area (Å²) in [6.45, 7) is 4.16. The average Bonchev–Trinajstić information content (AvgIpc) is 2.46. The predicted octanol–water partition coefficient (Wildman–Crippen LogP) is 4.43. The Morgan fingerprint density at radius 3 is 2.64 bits per heavy atom. The fourth-order valence-electron chi connectivity index (χ4n) is 2.45. The molecule has 1 unspecified atom stereocenters. The molecule has 0 bridgehead atoms. The molecule has 0 saturated carbocycles. The molecule has 1 aromatic carbocycles. The Morgan fingerprint density at radius 2 is 2.00 bits per heavy atom. The van der Waals surface area contributed by atoms with Crippen LogP contribution in [0.4, 0.5) is 0 Å². The summed E-state index contributed by atoms with van der Waals surface area (Å²) in [4.78, 5) is 12.9. The number of nitrogens with two attached hydrogens (primary N) is 1. The summed E-state index contributed by atoms with van der Waals surface area (Å²) in [5.41, 5.74) is 7.56. The van der Waals surface area contributed by atoms with E-state index in [0.29, 0.717) is 39.3 Å². The highest BCUT2D eigenvalue weighted by atomic mass is 35.5. The van der Waals surface area contributed by atoms with Crippen LogP contribution in [0.2, 0.25) is 5.02 Å². The Balaban J connectivity index is 2.51. The molecule has 116 valence electrons. The fraction of sp³-hybridized carbons (Fsp3) is 0.235. The van der Waals surface area contributed by atoms with Gasteiger partial charge in [-0.2, -0.15) is 0 Å². The first-order chi connectivity index (χ1) is 10.5. The SMILES string of the molecule is CCOC(C)=C1C(N)=CC(Cl)=CC1C(=O)c1ccccc1Cl. The van der Waals surface area contributed by atoms with Gasteiger partial charge in [-0.05, 0) is 32.1 Å². The molecule has 3 nitrogen and oxygen atoms in total. The van der Waals surface area contributed by atoms with Crippen LogP contribution < -0.4 is 5.73 Å². The van der Waals surface area contributed by atoms with Gasteiger partial charge in [0.05, 0.1) is 23.3 Å². The number of carbonyl (C=O) groups excluding carboxylic acids is 1. The molecule has 1 aliphatic rings. The van der Waals surface area contributed by atoms with Gasteiger partial charge in [0.1, 0.15) is 0 Å². The number of carbonyl (C=O) groups is 1. The van der Waals surface area contributed by atoms with Crippen molar-refractivity contribution in [2.45, 2.75) is 13.8 Å². The topological polar surface area (TPSA) is 52.3 Å². The smallest absolute Gasteiger partial charge is 0.175 e. The lowest BCUT2D eigenvalue weighted by Crippen LogP contribution is -2.23. The molecular weight excluding hydrogens is 321 g/mol. The lowest BCUT2D eigenvalue weighted by Gasteiger charge is -2.23. The quantitative estimate of drug-likeness (QED) is 0.653. The largest absolute Gasteiger partial charge is 0.498 e. The van der Waals surface area contributed by atoms with E-state index in [1.54, 1.807) is 43.3 Å². The van der Waals surface area contributed by atoms with Gasteiger partial charge in [-0.3, -0.25) is 4.79 Å². The van der Waals surface area contributed by atoms with E-state index in [1.165, 1.54) is 0 Å². The number of rotatable bonds is 4. The first-order valence-corrected chi connectivity index (χ1v) is 7.68. The van der Waals surface area contributed by atoms with Crippen molar-refractivity contribution in [3.05, 3.63) is 69.1 Å². The number of ether oxygens (including phenoxy) is 1. The highest BCUT2D eigenvalue weighted by Crippen LogP contribution is 2.34. The first-order valence-electron chi connectivity index (χ1n) is 6.92. The van der Waals surface area contributed by atoms with Crippen LogP contribution in [-0.4, -0.2) is 12.4 Å². The second-order valence-corrected chi connectivity index (χ2v) is 5.72. The molecule has 0 saturated heterocycles. The van der Waals surface area contributed by atoms with Gasteiger partial charge in [-0.1, -0.05) is 41.4 Å². The van der Waals surface area contributed by atoms with E-state index in [1.807, 2.05) is 6.92 Å². The summed E-state index contributed by atoms with van der Waals surface area (Å²) in [7, 11) is 0. The monoisotopic (exact) mass is 337 g/mol.